The lowest BCUT2D eigenvalue weighted by Gasteiger charge is -2.09. The zero-order chi connectivity index (χ0) is 14.5. The Morgan fingerprint density at radius 2 is 1.70 bits per heavy atom. The van der Waals surface area contributed by atoms with Crippen LogP contribution in [0.4, 0.5) is 8.78 Å². The van der Waals surface area contributed by atoms with E-state index in [1.807, 2.05) is 30.3 Å². The van der Waals surface area contributed by atoms with Crippen LogP contribution in [0.15, 0.2) is 42.5 Å². The summed E-state index contributed by atoms with van der Waals surface area (Å²) in [5, 5.41) is 0. The fourth-order valence-electron chi connectivity index (χ4n) is 1.67. The molecule has 0 aromatic heterocycles. The van der Waals surface area contributed by atoms with Crippen LogP contribution in [-0.4, -0.2) is 13.1 Å². The molecule has 0 aliphatic carbocycles. The van der Waals surface area contributed by atoms with E-state index in [0.717, 1.165) is 24.8 Å². The van der Waals surface area contributed by atoms with Gasteiger partial charge in [-0.3, -0.25) is 0 Å². The summed E-state index contributed by atoms with van der Waals surface area (Å²) in [6, 6.07) is 11.1. The molecule has 0 amide bonds. The second kappa shape index (κ2) is 6.14. The third-order valence-corrected chi connectivity index (χ3v) is 2.65. The van der Waals surface area contributed by atoms with E-state index < -0.39 is 23.2 Å². The Morgan fingerprint density at radius 3 is 2.25 bits per heavy atom. The summed E-state index contributed by atoms with van der Waals surface area (Å²) in [6.07, 6.45) is 0. The summed E-state index contributed by atoms with van der Waals surface area (Å²) in [4.78, 5) is 11.2. The lowest BCUT2D eigenvalue weighted by molar-refractivity contribution is 0.0589. The first-order chi connectivity index (χ1) is 9.61. The van der Waals surface area contributed by atoms with Crippen molar-refractivity contribution in [3.63, 3.8) is 0 Å². The maximum absolute atomic E-state index is 13.7. The van der Waals surface area contributed by atoms with Crippen molar-refractivity contribution in [2.75, 3.05) is 7.11 Å². The van der Waals surface area contributed by atoms with Crippen molar-refractivity contribution in [2.24, 2.45) is 0 Å². The van der Waals surface area contributed by atoms with Crippen molar-refractivity contribution < 1.29 is 23.0 Å². The molecule has 0 atom stereocenters. The average molecular weight is 278 g/mol. The molecule has 0 radical (unpaired) electrons. The van der Waals surface area contributed by atoms with Crippen LogP contribution in [0.25, 0.3) is 0 Å². The molecule has 0 bridgehead atoms. The normalized spacial score (nSPS) is 10.2. The van der Waals surface area contributed by atoms with Gasteiger partial charge in [0.1, 0.15) is 29.6 Å². The van der Waals surface area contributed by atoms with Crippen LogP contribution in [0.1, 0.15) is 15.9 Å². The highest BCUT2D eigenvalue weighted by molar-refractivity contribution is 5.90. The SMILES string of the molecule is COC(=O)c1c(F)cc(OCc2ccccc2)cc1F. The number of benzene rings is 2. The van der Waals surface area contributed by atoms with Crippen LogP contribution in [0, 0.1) is 11.6 Å². The van der Waals surface area contributed by atoms with Crippen LogP contribution in [0.3, 0.4) is 0 Å². The van der Waals surface area contributed by atoms with E-state index in [4.69, 9.17) is 4.74 Å². The molecule has 0 saturated carbocycles. The summed E-state index contributed by atoms with van der Waals surface area (Å²) in [7, 11) is 1.06. The highest BCUT2D eigenvalue weighted by Gasteiger charge is 2.19. The Morgan fingerprint density at radius 1 is 1.10 bits per heavy atom. The molecule has 2 rings (SSSR count). The van der Waals surface area contributed by atoms with Crippen LogP contribution in [0.5, 0.6) is 5.75 Å². The summed E-state index contributed by atoms with van der Waals surface area (Å²) in [5.41, 5.74) is 0.143. The highest BCUT2D eigenvalue weighted by Crippen LogP contribution is 2.22. The van der Waals surface area contributed by atoms with Crippen molar-refractivity contribution >= 4 is 5.97 Å². The smallest absolute Gasteiger partial charge is 0.343 e. The molecule has 20 heavy (non-hydrogen) atoms. The molecule has 0 heterocycles. The number of carbonyl (C=O) groups excluding carboxylic acids is 1. The maximum Gasteiger partial charge on any atom is 0.343 e. The number of hydrogen-bond acceptors (Lipinski definition) is 3. The van der Waals surface area contributed by atoms with Gasteiger partial charge in [0, 0.05) is 12.1 Å². The number of ether oxygens (including phenoxy) is 2. The minimum absolute atomic E-state index is 0.0107. The van der Waals surface area contributed by atoms with Crippen LogP contribution >= 0.6 is 0 Å². The van der Waals surface area contributed by atoms with E-state index in [1.165, 1.54) is 0 Å². The minimum atomic E-state index is -1.06. The molecule has 0 fully saturated rings. The monoisotopic (exact) mass is 278 g/mol. The molecule has 0 aliphatic heterocycles. The van der Waals surface area contributed by atoms with E-state index in [2.05, 4.69) is 4.74 Å². The zero-order valence-corrected chi connectivity index (χ0v) is 10.7. The zero-order valence-electron chi connectivity index (χ0n) is 10.7. The molecule has 5 heteroatoms. The average Bonchev–Trinajstić information content (AvgIpc) is 2.45. The fraction of sp³-hybridized carbons (Fsp3) is 0.133. The summed E-state index contributed by atoms with van der Waals surface area (Å²) < 4.78 is 36.9. The number of rotatable bonds is 4. The molecular formula is C15H12F2O3. The molecule has 2 aromatic carbocycles. The van der Waals surface area contributed by atoms with Gasteiger partial charge in [-0.15, -0.1) is 0 Å². The van der Waals surface area contributed by atoms with Gasteiger partial charge in [0.25, 0.3) is 0 Å². The Labute approximate surface area is 114 Å². The van der Waals surface area contributed by atoms with Crippen molar-refractivity contribution in [3.05, 3.63) is 65.2 Å². The van der Waals surface area contributed by atoms with Gasteiger partial charge in [0.15, 0.2) is 0 Å². The third-order valence-electron chi connectivity index (χ3n) is 2.65. The minimum Gasteiger partial charge on any atom is -0.489 e. The van der Waals surface area contributed by atoms with Crippen molar-refractivity contribution in [1.29, 1.82) is 0 Å². The van der Waals surface area contributed by atoms with E-state index in [9.17, 15) is 13.6 Å². The first kappa shape index (κ1) is 14.0. The van der Waals surface area contributed by atoms with Gasteiger partial charge in [0.2, 0.25) is 0 Å². The second-order valence-electron chi connectivity index (χ2n) is 4.03. The number of halogens is 2. The van der Waals surface area contributed by atoms with E-state index in [-0.39, 0.29) is 12.4 Å². The lowest BCUT2D eigenvalue weighted by Crippen LogP contribution is -2.08. The predicted molar refractivity (Wildman–Crippen MR) is 68.5 cm³/mol. The fourth-order valence-corrected chi connectivity index (χ4v) is 1.67. The summed E-state index contributed by atoms with van der Waals surface area (Å²) in [6.45, 7) is 0.178. The lowest BCUT2D eigenvalue weighted by atomic mass is 10.2. The number of carbonyl (C=O) groups is 1. The molecular weight excluding hydrogens is 266 g/mol. The van der Waals surface area contributed by atoms with Crippen LogP contribution < -0.4 is 4.74 Å². The molecule has 0 saturated heterocycles. The van der Waals surface area contributed by atoms with Gasteiger partial charge in [-0.1, -0.05) is 30.3 Å². The highest BCUT2D eigenvalue weighted by atomic mass is 19.1. The van der Waals surface area contributed by atoms with Crippen molar-refractivity contribution in [1.82, 2.24) is 0 Å². The van der Waals surface area contributed by atoms with Gasteiger partial charge in [-0.25, -0.2) is 13.6 Å². The van der Waals surface area contributed by atoms with E-state index in [0.29, 0.717) is 0 Å². The summed E-state index contributed by atoms with van der Waals surface area (Å²) >= 11 is 0. The van der Waals surface area contributed by atoms with Crippen molar-refractivity contribution in [3.8, 4) is 5.75 Å². The molecule has 0 unspecified atom stereocenters. The Bertz CT molecular complexity index is 589. The number of methoxy groups -OCH3 is 1. The molecule has 2 aromatic rings. The van der Waals surface area contributed by atoms with E-state index >= 15 is 0 Å². The summed E-state index contributed by atoms with van der Waals surface area (Å²) in [5.74, 6) is -3.08. The van der Waals surface area contributed by atoms with E-state index in [1.54, 1.807) is 0 Å². The predicted octanol–water partition coefficient (Wildman–Crippen LogP) is 3.33. The second-order valence-corrected chi connectivity index (χ2v) is 4.03. The first-order valence-corrected chi connectivity index (χ1v) is 5.86. The first-order valence-electron chi connectivity index (χ1n) is 5.86. The Hall–Kier alpha value is -2.43. The molecule has 0 aliphatic rings. The molecule has 0 spiro atoms. The van der Waals surface area contributed by atoms with Gasteiger partial charge in [0.05, 0.1) is 7.11 Å². The standard InChI is InChI=1S/C15H12F2O3/c1-19-15(18)14-12(16)7-11(8-13(14)17)20-9-10-5-3-2-4-6-10/h2-8H,9H2,1H3. The topological polar surface area (TPSA) is 35.5 Å². The van der Waals surface area contributed by atoms with Gasteiger partial charge in [-0.2, -0.15) is 0 Å². The van der Waals surface area contributed by atoms with Gasteiger partial charge < -0.3 is 9.47 Å². The largest absolute Gasteiger partial charge is 0.489 e. The van der Waals surface area contributed by atoms with Crippen LogP contribution in [0.2, 0.25) is 0 Å². The Balaban J connectivity index is 2.16. The van der Waals surface area contributed by atoms with Gasteiger partial charge >= 0.3 is 5.97 Å². The molecule has 3 nitrogen and oxygen atoms in total. The third kappa shape index (κ3) is 3.12. The number of hydrogen-bond donors (Lipinski definition) is 0. The van der Waals surface area contributed by atoms with Crippen LogP contribution in [-0.2, 0) is 11.3 Å². The quantitative estimate of drug-likeness (QED) is 0.805. The van der Waals surface area contributed by atoms with Crippen molar-refractivity contribution in [2.45, 2.75) is 6.61 Å². The van der Waals surface area contributed by atoms with Gasteiger partial charge in [-0.05, 0) is 5.56 Å². The Kier molecular flexibility index (Phi) is 4.30. The molecule has 0 N–H and O–H groups in total. The molecule has 104 valence electrons. The number of esters is 1. The maximum atomic E-state index is 13.7.